The Bertz CT molecular complexity index is 176. The van der Waals surface area contributed by atoms with Gasteiger partial charge in [0.25, 0.3) is 0 Å². The highest BCUT2D eigenvalue weighted by Crippen LogP contribution is 2.24. The molecule has 0 aromatic heterocycles. The van der Waals surface area contributed by atoms with Gasteiger partial charge in [0.1, 0.15) is 12.7 Å². The lowest BCUT2D eigenvalue weighted by Crippen LogP contribution is -2.30. The fourth-order valence-electron chi connectivity index (χ4n) is 1.09. The minimum atomic E-state index is -1.97. The van der Waals surface area contributed by atoms with E-state index < -0.39 is 24.4 Å². The Morgan fingerprint density at radius 2 is 2.45 bits per heavy atom. The molecule has 0 aromatic carbocycles. The van der Waals surface area contributed by atoms with Crippen molar-refractivity contribution in [3.05, 3.63) is 0 Å². The van der Waals surface area contributed by atoms with Gasteiger partial charge in [0.2, 0.25) is 0 Å². The molecule has 1 fully saturated rings. The van der Waals surface area contributed by atoms with Crippen LogP contribution in [0.3, 0.4) is 0 Å². The summed E-state index contributed by atoms with van der Waals surface area (Å²) in [5.74, 6) is -1.13. The first-order valence-electron chi connectivity index (χ1n) is 3.28. The van der Waals surface area contributed by atoms with Crippen LogP contribution in [-0.2, 0) is 4.79 Å². The van der Waals surface area contributed by atoms with Crippen LogP contribution in [-0.4, -0.2) is 36.0 Å². The predicted molar refractivity (Wildman–Crippen MR) is 33.9 cm³/mol. The molecule has 1 saturated heterocycles. The molecule has 0 radical (unpaired) electrons. The van der Waals surface area contributed by atoms with Gasteiger partial charge in [-0.1, -0.05) is 0 Å². The van der Waals surface area contributed by atoms with Crippen molar-refractivity contribution >= 4 is 5.97 Å². The van der Waals surface area contributed by atoms with Gasteiger partial charge in [-0.25, -0.2) is 8.78 Å². The molecule has 1 heterocycles. The number of halogens is 2. The number of nitrogens with one attached hydrogen (secondary N) is 1. The molecule has 2 unspecified atom stereocenters. The van der Waals surface area contributed by atoms with Gasteiger partial charge in [-0.3, -0.25) is 4.79 Å². The van der Waals surface area contributed by atoms with E-state index in [2.05, 4.69) is 5.32 Å². The SMILES string of the molecule is O=C(O)C1CC(F)(CF)CN1. The van der Waals surface area contributed by atoms with Crippen molar-refractivity contribution in [1.82, 2.24) is 5.32 Å². The zero-order valence-corrected chi connectivity index (χ0v) is 5.81. The number of carboxylic acids is 1. The van der Waals surface area contributed by atoms with Crippen molar-refractivity contribution in [1.29, 1.82) is 0 Å². The van der Waals surface area contributed by atoms with Gasteiger partial charge in [-0.2, -0.15) is 0 Å². The minimum absolute atomic E-state index is 0.208. The number of alkyl halides is 2. The number of hydrogen-bond acceptors (Lipinski definition) is 2. The first-order chi connectivity index (χ1) is 5.07. The Kier molecular flexibility index (Phi) is 2.08. The molecule has 1 rings (SSSR count). The molecule has 11 heavy (non-hydrogen) atoms. The van der Waals surface area contributed by atoms with Gasteiger partial charge in [-0.15, -0.1) is 0 Å². The summed E-state index contributed by atoms with van der Waals surface area (Å²) >= 11 is 0. The summed E-state index contributed by atoms with van der Waals surface area (Å²) in [6, 6.07) is -0.934. The van der Waals surface area contributed by atoms with Crippen LogP contribution in [0.1, 0.15) is 6.42 Å². The second-order valence-electron chi connectivity index (χ2n) is 2.76. The van der Waals surface area contributed by atoms with Gasteiger partial charge in [0.15, 0.2) is 5.67 Å². The maximum Gasteiger partial charge on any atom is 0.320 e. The van der Waals surface area contributed by atoms with Crippen LogP contribution in [0.5, 0.6) is 0 Å². The van der Waals surface area contributed by atoms with E-state index in [0.717, 1.165) is 0 Å². The van der Waals surface area contributed by atoms with Crippen LogP contribution >= 0.6 is 0 Å². The van der Waals surface area contributed by atoms with Crippen LogP contribution < -0.4 is 5.32 Å². The van der Waals surface area contributed by atoms with Gasteiger partial charge in [-0.05, 0) is 0 Å². The number of carboxylic acid groups (broad SMARTS) is 1. The quantitative estimate of drug-likeness (QED) is 0.610. The maximum absolute atomic E-state index is 13.0. The summed E-state index contributed by atoms with van der Waals surface area (Å²) in [6.07, 6.45) is -0.279. The van der Waals surface area contributed by atoms with E-state index >= 15 is 0 Å². The molecule has 0 aliphatic carbocycles. The summed E-state index contributed by atoms with van der Waals surface area (Å²) in [5.41, 5.74) is -1.97. The number of hydrogen-bond donors (Lipinski definition) is 2. The summed E-state index contributed by atoms with van der Waals surface area (Å²) in [7, 11) is 0. The van der Waals surface area contributed by atoms with Crippen molar-refractivity contribution in [3.8, 4) is 0 Å². The Balaban J connectivity index is 2.53. The van der Waals surface area contributed by atoms with Crippen LogP contribution in [0, 0.1) is 0 Å². The third-order valence-corrected chi connectivity index (χ3v) is 1.77. The topological polar surface area (TPSA) is 49.3 Å². The van der Waals surface area contributed by atoms with Crippen molar-refractivity contribution in [2.24, 2.45) is 0 Å². The molecule has 0 bridgehead atoms. The van der Waals surface area contributed by atoms with Crippen LogP contribution in [0.2, 0.25) is 0 Å². The third kappa shape index (κ3) is 1.65. The van der Waals surface area contributed by atoms with E-state index in [0.29, 0.717) is 0 Å². The highest BCUT2D eigenvalue weighted by atomic mass is 19.2. The van der Waals surface area contributed by atoms with Gasteiger partial charge >= 0.3 is 5.97 Å². The average Bonchev–Trinajstić information content (AvgIpc) is 2.33. The molecule has 64 valence electrons. The number of aliphatic carboxylic acids is 1. The molecule has 2 atom stereocenters. The Hall–Kier alpha value is -0.710. The second-order valence-corrected chi connectivity index (χ2v) is 2.76. The number of carbonyl (C=O) groups is 1. The van der Waals surface area contributed by atoms with Crippen LogP contribution in [0.15, 0.2) is 0 Å². The summed E-state index contributed by atoms with van der Waals surface area (Å²) < 4.78 is 24.9. The van der Waals surface area contributed by atoms with Crippen LogP contribution in [0.25, 0.3) is 0 Å². The summed E-state index contributed by atoms with van der Waals surface area (Å²) in [5, 5.41) is 10.8. The van der Waals surface area contributed by atoms with Crippen molar-refractivity contribution < 1.29 is 18.7 Å². The predicted octanol–water partition coefficient (Wildman–Crippen LogP) is 0.111. The van der Waals surface area contributed by atoms with Gasteiger partial charge < -0.3 is 10.4 Å². The first-order valence-corrected chi connectivity index (χ1v) is 3.28. The molecule has 0 aromatic rings. The van der Waals surface area contributed by atoms with Gasteiger partial charge in [0, 0.05) is 13.0 Å². The minimum Gasteiger partial charge on any atom is -0.480 e. The molecular formula is C6H9F2NO2. The fourth-order valence-corrected chi connectivity index (χ4v) is 1.09. The maximum atomic E-state index is 13.0. The summed E-state index contributed by atoms with van der Waals surface area (Å²) in [6.45, 7) is -1.33. The van der Waals surface area contributed by atoms with E-state index in [-0.39, 0.29) is 13.0 Å². The monoisotopic (exact) mass is 165 g/mol. The van der Waals surface area contributed by atoms with E-state index in [1.54, 1.807) is 0 Å². The first kappa shape index (κ1) is 8.39. The average molecular weight is 165 g/mol. The van der Waals surface area contributed by atoms with E-state index in [9.17, 15) is 13.6 Å². The smallest absolute Gasteiger partial charge is 0.320 e. The fraction of sp³-hybridized carbons (Fsp3) is 0.833. The highest BCUT2D eigenvalue weighted by Gasteiger charge is 2.42. The highest BCUT2D eigenvalue weighted by molar-refractivity contribution is 5.74. The molecule has 3 nitrogen and oxygen atoms in total. The summed E-state index contributed by atoms with van der Waals surface area (Å²) in [4.78, 5) is 10.3. The zero-order valence-electron chi connectivity index (χ0n) is 5.81. The Morgan fingerprint density at radius 3 is 2.73 bits per heavy atom. The van der Waals surface area contributed by atoms with Gasteiger partial charge in [0.05, 0.1) is 0 Å². The van der Waals surface area contributed by atoms with E-state index in [4.69, 9.17) is 5.11 Å². The number of rotatable bonds is 2. The molecule has 0 spiro atoms. The van der Waals surface area contributed by atoms with Crippen molar-refractivity contribution in [3.63, 3.8) is 0 Å². The molecule has 0 amide bonds. The lowest BCUT2D eigenvalue weighted by Gasteiger charge is -2.11. The molecule has 1 aliphatic rings. The Morgan fingerprint density at radius 1 is 1.82 bits per heavy atom. The van der Waals surface area contributed by atoms with E-state index in [1.165, 1.54) is 0 Å². The van der Waals surface area contributed by atoms with Crippen molar-refractivity contribution in [2.75, 3.05) is 13.2 Å². The molecule has 5 heteroatoms. The lowest BCUT2D eigenvalue weighted by molar-refractivity contribution is -0.139. The Labute approximate surface area is 62.4 Å². The normalized spacial score (nSPS) is 37.5. The third-order valence-electron chi connectivity index (χ3n) is 1.77. The standard InChI is InChI=1S/C6H9F2NO2/c7-2-6(8)1-4(5(10)11)9-3-6/h4,9H,1-3H2,(H,10,11). The lowest BCUT2D eigenvalue weighted by atomic mass is 10.0. The molecular weight excluding hydrogens is 156 g/mol. The molecule has 1 aliphatic heterocycles. The van der Waals surface area contributed by atoms with Crippen LogP contribution in [0.4, 0.5) is 8.78 Å². The molecule has 2 N–H and O–H groups in total. The van der Waals surface area contributed by atoms with Crippen molar-refractivity contribution in [2.45, 2.75) is 18.1 Å². The second kappa shape index (κ2) is 2.73. The molecule has 0 saturated carbocycles. The van der Waals surface area contributed by atoms with E-state index in [1.807, 2.05) is 0 Å². The zero-order chi connectivity index (χ0) is 8.48. The largest absolute Gasteiger partial charge is 0.480 e.